The van der Waals surface area contributed by atoms with Gasteiger partial charge in [0.1, 0.15) is 6.04 Å². The minimum absolute atomic E-state index is 0.0132. The molecule has 4 heteroatoms. The van der Waals surface area contributed by atoms with Gasteiger partial charge in [-0.25, -0.2) is 0 Å². The molecule has 4 nitrogen and oxygen atoms in total. The molecule has 1 saturated carbocycles. The Bertz CT molecular complexity index is 1120. The number of nitrogens with one attached hydrogen (secondary N) is 1. The van der Waals surface area contributed by atoms with Gasteiger partial charge in [0.2, 0.25) is 11.8 Å². The summed E-state index contributed by atoms with van der Waals surface area (Å²) in [5.74, 6) is 0.454. The lowest BCUT2D eigenvalue weighted by atomic mass is 9.99. The highest BCUT2D eigenvalue weighted by molar-refractivity contribution is 5.88. The van der Waals surface area contributed by atoms with Crippen molar-refractivity contribution in [2.75, 3.05) is 0 Å². The van der Waals surface area contributed by atoms with E-state index in [9.17, 15) is 9.59 Å². The van der Waals surface area contributed by atoms with Gasteiger partial charge in [0.15, 0.2) is 0 Å². The zero-order chi connectivity index (χ0) is 26.0. The fourth-order valence-corrected chi connectivity index (χ4v) is 5.17. The minimum atomic E-state index is -0.556. The van der Waals surface area contributed by atoms with Crippen molar-refractivity contribution < 1.29 is 9.59 Å². The summed E-state index contributed by atoms with van der Waals surface area (Å²) < 4.78 is 0. The molecule has 0 saturated heterocycles. The molecule has 4 rings (SSSR count). The average molecular weight is 497 g/mol. The number of carbonyl (C=O) groups excluding carboxylic acids is 2. The molecule has 37 heavy (non-hydrogen) atoms. The average Bonchev–Trinajstić information content (AvgIpc) is 3.43. The van der Waals surface area contributed by atoms with Crippen LogP contribution < -0.4 is 5.32 Å². The van der Waals surface area contributed by atoms with Gasteiger partial charge in [-0.05, 0) is 47.4 Å². The van der Waals surface area contributed by atoms with Crippen LogP contribution in [0.4, 0.5) is 0 Å². The molecule has 0 radical (unpaired) electrons. The molecule has 1 fully saturated rings. The summed E-state index contributed by atoms with van der Waals surface area (Å²) in [6.45, 7) is 4.79. The highest BCUT2D eigenvalue weighted by atomic mass is 16.2. The van der Waals surface area contributed by atoms with Crippen LogP contribution in [0.3, 0.4) is 0 Å². The Morgan fingerprint density at radius 2 is 1.41 bits per heavy atom. The van der Waals surface area contributed by atoms with E-state index in [0.717, 1.165) is 42.4 Å². The van der Waals surface area contributed by atoms with Crippen molar-refractivity contribution in [2.24, 2.45) is 0 Å². The maximum Gasteiger partial charge on any atom is 0.243 e. The van der Waals surface area contributed by atoms with Crippen molar-refractivity contribution in [2.45, 2.75) is 83.3 Å². The van der Waals surface area contributed by atoms with E-state index in [1.165, 1.54) is 5.56 Å². The molecule has 0 bridgehead atoms. The molecule has 194 valence electrons. The van der Waals surface area contributed by atoms with Gasteiger partial charge in [-0.3, -0.25) is 9.59 Å². The van der Waals surface area contributed by atoms with Crippen molar-refractivity contribution in [1.29, 1.82) is 0 Å². The first kappa shape index (κ1) is 26.7. The lowest BCUT2D eigenvalue weighted by molar-refractivity contribution is -0.141. The Morgan fingerprint density at radius 3 is 2.00 bits per heavy atom. The highest BCUT2D eigenvalue weighted by Crippen LogP contribution is 2.21. The Labute approximate surface area is 222 Å². The molecular weight excluding hydrogens is 456 g/mol. The van der Waals surface area contributed by atoms with Gasteiger partial charge in [0.05, 0.1) is 0 Å². The number of carbonyl (C=O) groups is 2. The van der Waals surface area contributed by atoms with Gasteiger partial charge < -0.3 is 10.2 Å². The van der Waals surface area contributed by atoms with Crippen LogP contribution in [0.1, 0.15) is 74.1 Å². The van der Waals surface area contributed by atoms with E-state index in [1.54, 1.807) is 0 Å². The Balaban J connectivity index is 1.56. The van der Waals surface area contributed by atoms with Crippen molar-refractivity contribution in [3.63, 3.8) is 0 Å². The number of nitrogens with zero attached hydrogens (tertiary/aromatic N) is 1. The summed E-state index contributed by atoms with van der Waals surface area (Å²) in [5.41, 5.74) is 4.53. The predicted octanol–water partition coefficient (Wildman–Crippen LogP) is 6.44. The van der Waals surface area contributed by atoms with E-state index in [1.807, 2.05) is 65.6 Å². The molecule has 1 atom stereocenters. The molecule has 3 aromatic rings. The van der Waals surface area contributed by atoms with Crippen LogP contribution in [0, 0.1) is 0 Å². The predicted molar refractivity (Wildman–Crippen MR) is 150 cm³/mol. The number of amides is 2. The maximum absolute atomic E-state index is 13.8. The van der Waals surface area contributed by atoms with Crippen molar-refractivity contribution in [3.05, 3.63) is 107 Å². The molecule has 1 aliphatic rings. The third-order valence-electron chi connectivity index (χ3n) is 7.44. The van der Waals surface area contributed by atoms with Crippen LogP contribution in [0.25, 0.3) is 0 Å². The van der Waals surface area contributed by atoms with E-state index in [-0.39, 0.29) is 17.9 Å². The quantitative estimate of drug-likeness (QED) is 0.332. The lowest BCUT2D eigenvalue weighted by Gasteiger charge is -2.32. The number of hydrogen-bond donors (Lipinski definition) is 1. The molecule has 0 unspecified atom stereocenters. The van der Waals surface area contributed by atoms with Crippen LogP contribution in [0.15, 0.2) is 84.9 Å². The van der Waals surface area contributed by atoms with Gasteiger partial charge in [-0.15, -0.1) is 0 Å². The SMILES string of the molecule is CC(C)c1ccc(CCC(=O)N(Cc2ccccc2)[C@@H](Cc2ccccc2)C(=O)NC2CCCC2)cc1. The second kappa shape index (κ2) is 13.2. The summed E-state index contributed by atoms with van der Waals surface area (Å²) >= 11 is 0. The van der Waals surface area contributed by atoms with Crippen molar-refractivity contribution in [3.8, 4) is 0 Å². The third-order valence-corrected chi connectivity index (χ3v) is 7.44. The molecule has 2 amide bonds. The smallest absolute Gasteiger partial charge is 0.243 e. The topological polar surface area (TPSA) is 49.4 Å². The molecule has 1 N–H and O–H groups in total. The summed E-state index contributed by atoms with van der Waals surface area (Å²) in [5, 5.41) is 3.28. The van der Waals surface area contributed by atoms with Gasteiger partial charge in [0.25, 0.3) is 0 Å². The van der Waals surface area contributed by atoms with Crippen LogP contribution in [0.2, 0.25) is 0 Å². The van der Waals surface area contributed by atoms with E-state index >= 15 is 0 Å². The highest BCUT2D eigenvalue weighted by Gasteiger charge is 2.32. The second-order valence-electron chi connectivity index (χ2n) is 10.6. The standard InChI is InChI=1S/C33H40N2O2/c1-25(2)29-20-17-26(18-21-29)19-22-32(36)35(24-28-13-7-4-8-14-28)31(23-27-11-5-3-6-12-27)33(37)34-30-15-9-10-16-30/h3-8,11-14,17-18,20-21,25,30-31H,9-10,15-16,19,22-24H2,1-2H3,(H,34,37)/t31-/m0/s1. The molecule has 0 aliphatic heterocycles. The summed E-state index contributed by atoms with van der Waals surface area (Å²) in [6, 6.07) is 28.2. The summed E-state index contributed by atoms with van der Waals surface area (Å²) in [7, 11) is 0. The number of aryl methyl sites for hydroxylation is 1. The Hall–Kier alpha value is -3.40. The first-order valence-electron chi connectivity index (χ1n) is 13.8. The monoisotopic (exact) mass is 496 g/mol. The fourth-order valence-electron chi connectivity index (χ4n) is 5.17. The molecule has 0 aromatic heterocycles. The van der Waals surface area contributed by atoms with Crippen LogP contribution in [-0.4, -0.2) is 28.8 Å². The number of rotatable bonds is 11. The van der Waals surface area contributed by atoms with E-state index in [0.29, 0.717) is 31.7 Å². The fraction of sp³-hybridized carbons (Fsp3) is 0.394. The zero-order valence-electron chi connectivity index (χ0n) is 22.2. The van der Waals surface area contributed by atoms with Gasteiger partial charge in [0, 0.05) is 25.4 Å². The van der Waals surface area contributed by atoms with Crippen LogP contribution in [0.5, 0.6) is 0 Å². The number of hydrogen-bond acceptors (Lipinski definition) is 2. The normalized spacial score (nSPS) is 14.5. The third kappa shape index (κ3) is 7.79. The number of benzene rings is 3. The Kier molecular flexibility index (Phi) is 9.53. The molecule has 0 spiro atoms. The van der Waals surface area contributed by atoms with Crippen molar-refractivity contribution in [1.82, 2.24) is 10.2 Å². The van der Waals surface area contributed by atoms with Gasteiger partial charge in [-0.1, -0.05) is 112 Å². The first-order valence-corrected chi connectivity index (χ1v) is 13.8. The summed E-state index contributed by atoms with van der Waals surface area (Å²) in [6.07, 6.45) is 5.86. The van der Waals surface area contributed by atoms with Crippen LogP contribution >= 0.6 is 0 Å². The molecule has 3 aromatic carbocycles. The van der Waals surface area contributed by atoms with E-state index in [4.69, 9.17) is 0 Å². The van der Waals surface area contributed by atoms with E-state index in [2.05, 4.69) is 43.4 Å². The molecular formula is C33H40N2O2. The van der Waals surface area contributed by atoms with E-state index < -0.39 is 6.04 Å². The van der Waals surface area contributed by atoms with Crippen molar-refractivity contribution >= 4 is 11.8 Å². The first-order chi connectivity index (χ1) is 18.0. The summed E-state index contributed by atoms with van der Waals surface area (Å²) in [4.78, 5) is 29.3. The maximum atomic E-state index is 13.8. The van der Waals surface area contributed by atoms with Crippen LogP contribution in [-0.2, 0) is 29.0 Å². The lowest BCUT2D eigenvalue weighted by Crippen LogP contribution is -2.52. The second-order valence-corrected chi connectivity index (χ2v) is 10.6. The minimum Gasteiger partial charge on any atom is -0.352 e. The largest absolute Gasteiger partial charge is 0.352 e. The van der Waals surface area contributed by atoms with Gasteiger partial charge >= 0.3 is 0 Å². The zero-order valence-corrected chi connectivity index (χ0v) is 22.2. The molecule has 1 aliphatic carbocycles. The van der Waals surface area contributed by atoms with Gasteiger partial charge in [-0.2, -0.15) is 0 Å². The molecule has 0 heterocycles. The Morgan fingerprint density at radius 1 is 0.811 bits per heavy atom.